The minimum absolute atomic E-state index is 0.149. The van der Waals surface area contributed by atoms with Crippen molar-refractivity contribution in [2.75, 3.05) is 18.8 Å². The van der Waals surface area contributed by atoms with Gasteiger partial charge in [-0.15, -0.1) is 11.8 Å². The van der Waals surface area contributed by atoms with E-state index in [2.05, 4.69) is 5.32 Å². The average molecular weight is 341 g/mol. The zero-order valence-electron chi connectivity index (χ0n) is 12.0. The molecule has 1 aromatic carbocycles. The Bertz CT molecular complexity index is 546. The summed E-state index contributed by atoms with van der Waals surface area (Å²) in [6.45, 7) is 0.710. The summed E-state index contributed by atoms with van der Waals surface area (Å²) in [6, 6.07) is 7.51. The normalized spacial score (nSPS) is 14.5. The van der Waals surface area contributed by atoms with E-state index in [4.69, 9.17) is 11.6 Å². The highest BCUT2D eigenvalue weighted by Crippen LogP contribution is 2.19. The van der Waals surface area contributed by atoms with Gasteiger partial charge >= 0.3 is 0 Å². The van der Waals surface area contributed by atoms with E-state index in [1.807, 2.05) is 24.3 Å². The van der Waals surface area contributed by atoms with Gasteiger partial charge in [-0.1, -0.05) is 11.6 Å². The molecule has 0 spiro atoms. The summed E-state index contributed by atoms with van der Waals surface area (Å²) in [5, 5.41) is 3.48. The van der Waals surface area contributed by atoms with E-state index in [1.165, 1.54) is 4.90 Å². The fraction of sp³-hybridized carbons (Fsp3) is 0.400. The molecule has 1 heterocycles. The summed E-state index contributed by atoms with van der Waals surface area (Å²) in [6.07, 6.45) is 0.680. The predicted octanol–water partition coefficient (Wildman–Crippen LogP) is 2.09. The highest BCUT2D eigenvalue weighted by molar-refractivity contribution is 7.99. The number of halogens is 1. The first-order valence-corrected chi connectivity index (χ1v) is 8.41. The Morgan fingerprint density at radius 1 is 1.18 bits per heavy atom. The van der Waals surface area contributed by atoms with Gasteiger partial charge in [0.25, 0.3) is 0 Å². The number of carbonyl (C=O) groups is 3. The van der Waals surface area contributed by atoms with Gasteiger partial charge in [0.2, 0.25) is 17.7 Å². The lowest BCUT2D eigenvalue weighted by Gasteiger charge is -2.13. The topological polar surface area (TPSA) is 66.5 Å². The lowest BCUT2D eigenvalue weighted by atomic mass is 10.3. The molecule has 0 aliphatic carbocycles. The van der Waals surface area contributed by atoms with Crippen molar-refractivity contribution in [1.82, 2.24) is 10.2 Å². The molecule has 1 N–H and O–H groups in total. The van der Waals surface area contributed by atoms with Gasteiger partial charge in [-0.25, -0.2) is 0 Å². The molecule has 0 atom stereocenters. The molecule has 118 valence electrons. The third-order valence-electron chi connectivity index (χ3n) is 3.22. The predicted molar refractivity (Wildman–Crippen MR) is 85.8 cm³/mol. The van der Waals surface area contributed by atoms with Crippen LogP contribution < -0.4 is 5.32 Å². The molecular weight excluding hydrogens is 324 g/mol. The van der Waals surface area contributed by atoms with Crippen molar-refractivity contribution in [1.29, 1.82) is 0 Å². The largest absolute Gasteiger partial charge is 0.355 e. The molecule has 1 fully saturated rings. The van der Waals surface area contributed by atoms with Gasteiger partial charge in [-0.3, -0.25) is 19.3 Å². The Morgan fingerprint density at radius 2 is 1.82 bits per heavy atom. The van der Waals surface area contributed by atoms with Gasteiger partial charge in [-0.05, 0) is 24.3 Å². The van der Waals surface area contributed by atoms with E-state index in [9.17, 15) is 14.4 Å². The molecule has 1 aromatic rings. The molecule has 7 heteroatoms. The number of benzene rings is 1. The minimum atomic E-state index is -0.184. The van der Waals surface area contributed by atoms with E-state index in [0.717, 1.165) is 10.6 Å². The number of carbonyl (C=O) groups excluding carboxylic acids is 3. The molecule has 2 rings (SSSR count). The second kappa shape index (κ2) is 8.19. The average Bonchev–Trinajstić information content (AvgIpc) is 2.82. The van der Waals surface area contributed by atoms with Gasteiger partial charge in [0.15, 0.2) is 0 Å². The van der Waals surface area contributed by atoms with E-state index < -0.39 is 0 Å². The Morgan fingerprint density at radius 3 is 2.45 bits per heavy atom. The zero-order valence-corrected chi connectivity index (χ0v) is 13.6. The van der Waals surface area contributed by atoms with Crippen LogP contribution in [0.15, 0.2) is 29.2 Å². The molecule has 0 bridgehead atoms. The van der Waals surface area contributed by atoms with Crippen LogP contribution in [-0.2, 0) is 14.4 Å². The Kier molecular flexibility index (Phi) is 6.27. The van der Waals surface area contributed by atoms with Crippen molar-refractivity contribution in [3.05, 3.63) is 29.3 Å². The SMILES string of the molecule is O=C(CCN1C(=O)CCC1=O)NCCSc1ccc(Cl)cc1. The zero-order chi connectivity index (χ0) is 15.9. The van der Waals surface area contributed by atoms with Gasteiger partial charge in [-0.2, -0.15) is 0 Å². The van der Waals surface area contributed by atoms with Crippen LogP contribution in [0, 0.1) is 0 Å². The van der Waals surface area contributed by atoms with Crippen LogP contribution >= 0.6 is 23.4 Å². The highest BCUT2D eigenvalue weighted by atomic mass is 35.5. The van der Waals surface area contributed by atoms with E-state index in [-0.39, 0.29) is 43.5 Å². The van der Waals surface area contributed by atoms with Crippen molar-refractivity contribution in [2.24, 2.45) is 0 Å². The Balaban J connectivity index is 1.60. The molecule has 1 saturated heterocycles. The molecule has 3 amide bonds. The molecule has 22 heavy (non-hydrogen) atoms. The standard InChI is InChI=1S/C15H17ClN2O3S/c16-11-1-3-12(4-2-11)22-10-8-17-13(19)7-9-18-14(20)5-6-15(18)21/h1-4H,5-10H2,(H,17,19). The van der Waals surface area contributed by atoms with Crippen LogP contribution in [0.5, 0.6) is 0 Å². The minimum Gasteiger partial charge on any atom is -0.355 e. The maximum Gasteiger partial charge on any atom is 0.229 e. The third-order valence-corrected chi connectivity index (χ3v) is 4.49. The first-order valence-electron chi connectivity index (χ1n) is 7.04. The highest BCUT2D eigenvalue weighted by Gasteiger charge is 2.28. The lowest BCUT2D eigenvalue weighted by Crippen LogP contribution is -2.34. The van der Waals surface area contributed by atoms with Gasteiger partial charge in [0.05, 0.1) is 0 Å². The number of likely N-dealkylation sites (tertiary alicyclic amines) is 1. The molecule has 1 aliphatic heterocycles. The van der Waals surface area contributed by atoms with Crippen LogP contribution in [0.2, 0.25) is 5.02 Å². The Hall–Kier alpha value is -1.53. The van der Waals surface area contributed by atoms with Crippen LogP contribution in [-0.4, -0.2) is 41.5 Å². The number of nitrogens with one attached hydrogen (secondary N) is 1. The maximum absolute atomic E-state index is 11.7. The molecule has 0 radical (unpaired) electrons. The van der Waals surface area contributed by atoms with E-state index in [1.54, 1.807) is 11.8 Å². The monoisotopic (exact) mass is 340 g/mol. The number of hydrogen-bond acceptors (Lipinski definition) is 4. The van der Waals surface area contributed by atoms with Crippen molar-refractivity contribution in [2.45, 2.75) is 24.2 Å². The smallest absolute Gasteiger partial charge is 0.229 e. The lowest BCUT2D eigenvalue weighted by molar-refractivity contribution is -0.138. The van der Waals surface area contributed by atoms with Gasteiger partial charge in [0, 0.05) is 48.0 Å². The van der Waals surface area contributed by atoms with Gasteiger partial charge in [0.1, 0.15) is 0 Å². The van der Waals surface area contributed by atoms with Gasteiger partial charge < -0.3 is 5.32 Å². The molecule has 1 aliphatic rings. The summed E-state index contributed by atoms with van der Waals surface area (Å²) in [5.74, 6) is 0.228. The molecule has 0 saturated carbocycles. The summed E-state index contributed by atoms with van der Waals surface area (Å²) in [4.78, 5) is 36.7. The van der Waals surface area contributed by atoms with Crippen LogP contribution in [0.3, 0.4) is 0 Å². The maximum atomic E-state index is 11.7. The summed E-state index contributed by atoms with van der Waals surface area (Å²) in [5.41, 5.74) is 0. The van der Waals surface area contributed by atoms with Crippen LogP contribution in [0.4, 0.5) is 0 Å². The summed E-state index contributed by atoms with van der Waals surface area (Å²) >= 11 is 7.43. The van der Waals surface area contributed by atoms with Crippen molar-refractivity contribution >= 4 is 41.1 Å². The molecule has 5 nitrogen and oxygen atoms in total. The van der Waals surface area contributed by atoms with E-state index >= 15 is 0 Å². The number of hydrogen-bond donors (Lipinski definition) is 1. The summed E-state index contributed by atoms with van der Waals surface area (Å²) < 4.78 is 0. The molecule has 0 aromatic heterocycles. The summed E-state index contributed by atoms with van der Waals surface area (Å²) in [7, 11) is 0. The van der Waals surface area contributed by atoms with Crippen LogP contribution in [0.1, 0.15) is 19.3 Å². The second-order valence-electron chi connectivity index (χ2n) is 4.84. The fourth-order valence-corrected chi connectivity index (χ4v) is 2.96. The number of amides is 3. The number of nitrogens with zero attached hydrogens (tertiary/aromatic N) is 1. The van der Waals surface area contributed by atoms with Crippen LogP contribution in [0.25, 0.3) is 0 Å². The number of imide groups is 1. The Labute approximate surface area is 138 Å². The van der Waals surface area contributed by atoms with Crippen molar-refractivity contribution in [3.8, 4) is 0 Å². The first kappa shape index (κ1) is 16.8. The third kappa shape index (κ3) is 5.03. The van der Waals surface area contributed by atoms with Crippen molar-refractivity contribution < 1.29 is 14.4 Å². The fourth-order valence-electron chi connectivity index (χ4n) is 2.06. The number of rotatable bonds is 7. The quantitative estimate of drug-likeness (QED) is 0.469. The second-order valence-corrected chi connectivity index (χ2v) is 6.45. The number of thioether (sulfide) groups is 1. The molecular formula is C15H17ClN2O3S. The molecule has 0 unspecified atom stereocenters. The van der Waals surface area contributed by atoms with Crippen molar-refractivity contribution in [3.63, 3.8) is 0 Å². The first-order chi connectivity index (χ1) is 10.6. The van der Waals surface area contributed by atoms with E-state index in [0.29, 0.717) is 11.6 Å².